The number of hydrogen-bond donors (Lipinski definition) is 0. The highest BCUT2D eigenvalue weighted by Crippen LogP contribution is 2.22. The lowest BCUT2D eigenvalue weighted by Gasteiger charge is -2.26. The average Bonchev–Trinajstić information content (AvgIpc) is 2.98. The van der Waals surface area contributed by atoms with E-state index in [2.05, 4.69) is 27.5 Å². The predicted molar refractivity (Wildman–Crippen MR) is 114 cm³/mol. The Balaban J connectivity index is 1.79. The van der Waals surface area contributed by atoms with Gasteiger partial charge in [-0.25, -0.2) is 8.42 Å². The molecule has 0 saturated carbocycles. The van der Waals surface area contributed by atoms with Gasteiger partial charge in [-0.15, -0.1) is 6.58 Å². The third-order valence-corrected chi connectivity index (χ3v) is 7.14. The first-order chi connectivity index (χ1) is 13.8. The third kappa shape index (κ3) is 5.62. The first kappa shape index (κ1) is 21.9. The molecule has 0 bridgehead atoms. The lowest BCUT2D eigenvalue weighted by molar-refractivity contribution is -0.132. The fourth-order valence-electron chi connectivity index (χ4n) is 2.91. The second-order valence-corrected chi connectivity index (χ2v) is 10.4. The van der Waals surface area contributed by atoms with Crippen LogP contribution in [0.5, 0.6) is 0 Å². The van der Waals surface area contributed by atoms with Crippen molar-refractivity contribution in [2.75, 3.05) is 37.8 Å². The zero-order chi connectivity index (χ0) is 21.0. The van der Waals surface area contributed by atoms with Gasteiger partial charge in [-0.3, -0.25) is 9.59 Å². The summed E-state index contributed by atoms with van der Waals surface area (Å²) >= 11 is 4.69. The predicted octanol–water partition coefficient (Wildman–Crippen LogP) is 1.35. The molecule has 0 aliphatic carbocycles. The number of halogens is 1. The van der Waals surface area contributed by atoms with Crippen molar-refractivity contribution in [1.29, 1.82) is 0 Å². The standard InChI is InChI=1S/C18H20BrN3O5S2/c1-2-5-22-14-4-3-13(19)10-15(14)28-18(22)20-16(23)11-29(25,26)12-17(24)21-6-8-27-9-7-21/h2-4,10H,1,5-9,11-12H2. The first-order valence-corrected chi connectivity index (χ1v) is 12.3. The number of aromatic nitrogens is 1. The van der Waals surface area contributed by atoms with Crippen molar-refractivity contribution >= 4 is 59.1 Å². The van der Waals surface area contributed by atoms with Gasteiger partial charge in [0.2, 0.25) is 5.91 Å². The molecule has 1 fully saturated rings. The Hall–Kier alpha value is -1.82. The number of sulfone groups is 1. The molecule has 1 aromatic carbocycles. The van der Waals surface area contributed by atoms with Crippen LogP contribution in [0.1, 0.15) is 0 Å². The number of benzene rings is 1. The maximum Gasteiger partial charge on any atom is 0.263 e. The molecule has 11 heteroatoms. The summed E-state index contributed by atoms with van der Waals surface area (Å²) in [6.07, 6.45) is 1.68. The van der Waals surface area contributed by atoms with E-state index in [1.807, 2.05) is 18.2 Å². The van der Waals surface area contributed by atoms with Gasteiger partial charge in [0.15, 0.2) is 14.6 Å². The number of fused-ring (bicyclic) bond motifs is 1. The van der Waals surface area contributed by atoms with Crippen LogP contribution in [0.25, 0.3) is 10.2 Å². The molecule has 156 valence electrons. The number of carbonyl (C=O) groups excluding carboxylic acids is 2. The number of thiazole rings is 1. The minimum atomic E-state index is -3.92. The molecule has 29 heavy (non-hydrogen) atoms. The normalized spacial score (nSPS) is 15.6. The van der Waals surface area contributed by atoms with E-state index < -0.39 is 33.2 Å². The minimum Gasteiger partial charge on any atom is -0.378 e. The van der Waals surface area contributed by atoms with Crippen LogP contribution >= 0.6 is 27.3 Å². The molecule has 0 atom stereocenters. The van der Waals surface area contributed by atoms with Gasteiger partial charge in [-0.05, 0) is 18.2 Å². The smallest absolute Gasteiger partial charge is 0.263 e. The molecule has 2 amide bonds. The van der Waals surface area contributed by atoms with E-state index in [4.69, 9.17) is 4.74 Å². The Morgan fingerprint density at radius 3 is 2.69 bits per heavy atom. The Labute approximate surface area is 180 Å². The van der Waals surface area contributed by atoms with Crippen LogP contribution < -0.4 is 4.80 Å². The molecule has 1 aliphatic rings. The summed E-state index contributed by atoms with van der Waals surface area (Å²) in [6, 6.07) is 5.67. The van der Waals surface area contributed by atoms with Crippen LogP contribution in [0.15, 0.2) is 40.3 Å². The number of morpholine rings is 1. The molecule has 0 spiro atoms. The lowest BCUT2D eigenvalue weighted by atomic mass is 10.3. The highest BCUT2D eigenvalue weighted by Gasteiger charge is 2.25. The van der Waals surface area contributed by atoms with Crippen LogP contribution in [0.3, 0.4) is 0 Å². The molecule has 0 N–H and O–H groups in total. The first-order valence-electron chi connectivity index (χ1n) is 8.82. The summed E-state index contributed by atoms with van der Waals surface area (Å²) in [7, 11) is -3.92. The maximum absolute atomic E-state index is 12.4. The Morgan fingerprint density at radius 1 is 1.28 bits per heavy atom. The zero-order valence-corrected chi connectivity index (χ0v) is 18.8. The van der Waals surface area contributed by atoms with Crippen molar-refractivity contribution in [1.82, 2.24) is 9.47 Å². The van der Waals surface area contributed by atoms with E-state index in [1.165, 1.54) is 16.2 Å². The summed E-state index contributed by atoms with van der Waals surface area (Å²) in [6.45, 7) is 5.61. The van der Waals surface area contributed by atoms with Crippen LogP contribution in [0.4, 0.5) is 0 Å². The van der Waals surface area contributed by atoms with E-state index >= 15 is 0 Å². The molecule has 1 aromatic heterocycles. The van der Waals surface area contributed by atoms with E-state index in [1.54, 1.807) is 10.6 Å². The number of nitrogens with zero attached hydrogens (tertiary/aromatic N) is 3. The number of allylic oxidation sites excluding steroid dienone is 1. The molecule has 1 saturated heterocycles. The Kier molecular flexibility index (Phi) is 7.04. The SMILES string of the molecule is C=CCn1c(=NC(=O)CS(=O)(=O)CC(=O)N2CCOCC2)sc2cc(Br)ccc21. The van der Waals surface area contributed by atoms with Crippen LogP contribution in [-0.2, 0) is 30.7 Å². The lowest BCUT2D eigenvalue weighted by Crippen LogP contribution is -2.43. The number of ether oxygens (including phenoxy) is 1. The topological polar surface area (TPSA) is 98.0 Å². The van der Waals surface area contributed by atoms with Crippen molar-refractivity contribution in [2.24, 2.45) is 4.99 Å². The third-order valence-electron chi connectivity index (χ3n) is 4.23. The number of amides is 2. The van der Waals surface area contributed by atoms with Gasteiger partial charge < -0.3 is 14.2 Å². The Bertz CT molecular complexity index is 1110. The van der Waals surface area contributed by atoms with Gasteiger partial charge in [0.25, 0.3) is 5.91 Å². The van der Waals surface area contributed by atoms with Crippen molar-refractivity contribution in [3.05, 3.63) is 40.1 Å². The van der Waals surface area contributed by atoms with E-state index in [9.17, 15) is 18.0 Å². The fourth-order valence-corrected chi connectivity index (χ4v) is 5.62. The van der Waals surface area contributed by atoms with Crippen LogP contribution in [0, 0.1) is 0 Å². The van der Waals surface area contributed by atoms with E-state index in [-0.39, 0.29) is 0 Å². The summed E-state index contributed by atoms with van der Waals surface area (Å²) in [5, 5.41) is 0. The molecular weight excluding hydrogens is 482 g/mol. The summed E-state index contributed by atoms with van der Waals surface area (Å²) < 4.78 is 33.4. The second-order valence-electron chi connectivity index (χ2n) is 6.43. The van der Waals surface area contributed by atoms with Gasteiger partial charge in [-0.2, -0.15) is 4.99 Å². The van der Waals surface area contributed by atoms with E-state index in [0.717, 1.165) is 14.7 Å². The van der Waals surface area contributed by atoms with Crippen LogP contribution in [-0.4, -0.2) is 67.5 Å². The molecule has 0 radical (unpaired) electrons. The van der Waals surface area contributed by atoms with Crippen molar-refractivity contribution in [2.45, 2.75) is 6.54 Å². The Morgan fingerprint density at radius 2 is 2.00 bits per heavy atom. The van der Waals surface area contributed by atoms with Crippen LogP contribution in [0.2, 0.25) is 0 Å². The molecule has 8 nitrogen and oxygen atoms in total. The van der Waals surface area contributed by atoms with Crippen molar-refractivity contribution < 1.29 is 22.7 Å². The zero-order valence-electron chi connectivity index (χ0n) is 15.5. The molecule has 3 rings (SSSR count). The van der Waals surface area contributed by atoms with Gasteiger partial charge in [0.05, 0.1) is 23.4 Å². The highest BCUT2D eigenvalue weighted by molar-refractivity contribution is 9.10. The largest absolute Gasteiger partial charge is 0.378 e. The van der Waals surface area contributed by atoms with Gasteiger partial charge in [-0.1, -0.05) is 33.3 Å². The molecule has 0 unspecified atom stereocenters. The maximum atomic E-state index is 12.4. The summed E-state index contributed by atoms with van der Waals surface area (Å²) in [4.78, 5) is 30.4. The van der Waals surface area contributed by atoms with Crippen molar-refractivity contribution in [3.63, 3.8) is 0 Å². The number of hydrogen-bond acceptors (Lipinski definition) is 6. The monoisotopic (exact) mass is 501 g/mol. The number of carbonyl (C=O) groups is 2. The van der Waals surface area contributed by atoms with Crippen molar-refractivity contribution in [3.8, 4) is 0 Å². The van der Waals surface area contributed by atoms with Gasteiger partial charge in [0, 0.05) is 24.1 Å². The molecule has 2 heterocycles. The van der Waals surface area contributed by atoms with E-state index in [0.29, 0.717) is 37.6 Å². The average molecular weight is 502 g/mol. The minimum absolute atomic E-state index is 0.353. The van der Waals surface area contributed by atoms with Gasteiger partial charge >= 0.3 is 0 Å². The summed E-state index contributed by atoms with van der Waals surface area (Å²) in [5.41, 5.74) is 0.870. The quantitative estimate of drug-likeness (QED) is 0.556. The summed E-state index contributed by atoms with van der Waals surface area (Å²) in [5.74, 6) is -2.84. The number of rotatable bonds is 6. The second kappa shape index (κ2) is 9.33. The van der Waals surface area contributed by atoms with Gasteiger partial charge in [0.1, 0.15) is 11.5 Å². The fraction of sp³-hybridized carbons (Fsp3) is 0.389. The molecule has 2 aromatic rings. The molecular formula is C18H20BrN3O5S2. The highest BCUT2D eigenvalue weighted by atomic mass is 79.9. The molecule has 1 aliphatic heterocycles.